The van der Waals surface area contributed by atoms with Gasteiger partial charge in [-0.25, -0.2) is 4.79 Å². The molecule has 1 aromatic carbocycles. The molecule has 0 saturated heterocycles. The van der Waals surface area contributed by atoms with Gasteiger partial charge in [-0.15, -0.1) is 0 Å². The van der Waals surface area contributed by atoms with Crippen molar-refractivity contribution in [2.45, 2.75) is 64.5 Å². The highest BCUT2D eigenvalue weighted by atomic mass is 16.5. The van der Waals surface area contributed by atoms with Gasteiger partial charge in [0.25, 0.3) is 5.91 Å². The van der Waals surface area contributed by atoms with Crippen molar-refractivity contribution in [2.75, 3.05) is 0 Å². The quantitative estimate of drug-likeness (QED) is 0.480. The van der Waals surface area contributed by atoms with Crippen LogP contribution in [-0.2, 0) is 14.3 Å². The fourth-order valence-electron chi connectivity index (χ4n) is 2.95. The van der Waals surface area contributed by atoms with Crippen LogP contribution in [0.1, 0.15) is 63.5 Å². The van der Waals surface area contributed by atoms with Crippen LogP contribution >= 0.6 is 0 Å². The highest BCUT2D eigenvalue weighted by molar-refractivity contribution is 5.99. The largest absolute Gasteiger partial charge is 0.448 e. The molecule has 1 atom stereocenters. The van der Waals surface area contributed by atoms with Crippen LogP contribution in [0.3, 0.4) is 0 Å². The molecule has 138 valence electrons. The number of benzene rings is 1. The van der Waals surface area contributed by atoms with Crippen LogP contribution in [0.4, 0.5) is 0 Å². The molecule has 0 spiro atoms. The number of nitrogens with one attached hydrogen (secondary N) is 1. The zero-order chi connectivity index (χ0) is 19.1. The minimum absolute atomic E-state index is 0.122. The lowest BCUT2D eigenvalue weighted by Crippen LogP contribution is -2.41. The molecule has 1 aliphatic carbocycles. The molecule has 1 aromatic rings. The first-order chi connectivity index (χ1) is 12.4. The molecular weight excluding hydrogens is 328 g/mol. The fourth-order valence-corrected chi connectivity index (χ4v) is 2.95. The predicted octanol–water partition coefficient (Wildman–Crippen LogP) is 3.71. The molecule has 1 aliphatic rings. The molecular formula is C21H26N2O3. The Morgan fingerprint density at radius 3 is 2.35 bits per heavy atom. The normalized spacial score (nSPS) is 16.2. The van der Waals surface area contributed by atoms with E-state index in [-0.39, 0.29) is 17.5 Å². The van der Waals surface area contributed by atoms with Crippen molar-refractivity contribution in [1.29, 1.82) is 5.26 Å². The third kappa shape index (κ3) is 5.45. The van der Waals surface area contributed by atoms with Gasteiger partial charge in [0.2, 0.25) is 0 Å². The average molecular weight is 354 g/mol. The molecule has 0 radical (unpaired) electrons. The number of hydrogen-bond acceptors (Lipinski definition) is 4. The van der Waals surface area contributed by atoms with Crippen LogP contribution in [0.15, 0.2) is 29.8 Å². The summed E-state index contributed by atoms with van der Waals surface area (Å²) in [4.78, 5) is 24.3. The van der Waals surface area contributed by atoms with E-state index in [4.69, 9.17) is 4.74 Å². The lowest BCUT2D eigenvalue weighted by atomic mass is 10.0. The number of carbonyl (C=O) groups excluding carboxylic acids is 2. The van der Waals surface area contributed by atoms with E-state index in [1.807, 2.05) is 30.3 Å². The van der Waals surface area contributed by atoms with E-state index in [2.05, 4.69) is 19.2 Å². The van der Waals surface area contributed by atoms with Crippen molar-refractivity contribution in [3.8, 4) is 6.07 Å². The Kier molecular flexibility index (Phi) is 6.97. The first kappa shape index (κ1) is 19.7. The van der Waals surface area contributed by atoms with E-state index in [0.29, 0.717) is 5.92 Å². The van der Waals surface area contributed by atoms with Gasteiger partial charge in [-0.3, -0.25) is 4.79 Å². The molecule has 0 unspecified atom stereocenters. The summed E-state index contributed by atoms with van der Waals surface area (Å²) in [5.74, 6) is -0.689. The Bertz CT molecular complexity index is 708. The second-order valence-corrected chi connectivity index (χ2v) is 7.03. The molecule has 0 aliphatic heterocycles. The molecule has 1 amide bonds. The van der Waals surface area contributed by atoms with Gasteiger partial charge < -0.3 is 10.1 Å². The highest BCUT2D eigenvalue weighted by Gasteiger charge is 2.24. The zero-order valence-corrected chi connectivity index (χ0v) is 15.6. The van der Waals surface area contributed by atoms with Gasteiger partial charge in [0.1, 0.15) is 11.6 Å². The SMILES string of the molecule is CC(C)c1ccc(/C=C(\C#N)C(=O)O[C@H](C)C(=O)NC2CCCC2)cc1. The number of nitrogens with zero attached hydrogens (tertiary/aromatic N) is 1. The van der Waals surface area contributed by atoms with Crippen molar-refractivity contribution in [2.24, 2.45) is 0 Å². The summed E-state index contributed by atoms with van der Waals surface area (Å²) >= 11 is 0. The monoisotopic (exact) mass is 354 g/mol. The first-order valence-corrected chi connectivity index (χ1v) is 9.13. The van der Waals surface area contributed by atoms with Gasteiger partial charge in [-0.05, 0) is 42.9 Å². The molecule has 5 nitrogen and oxygen atoms in total. The van der Waals surface area contributed by atoms with Gasteiger partial charge in [0.15, 0.2) is 6.10 Å². The van der Waals surface area contributed by atoms with E-state index in [1.54, 1.807) is 0 Å². The Morgan fingerprint density at radius 2 is 1.81 bits per heavy atom. The lowest BCUT2D eigenvalue weighted by molar-refractivity contribution is -0.151. The van der Waals surface area contributed by atoms with Crippen molar-refractivity contribution < 1.29 is 14.3 Å². The summed E-state index contributed by atoms with van der Waals surface area (Å²) in [6.45, 7) is 5.72. The third-order valence-electron chi connectivity index (χ3n) is 4.61. The van der Waals surface area contributed by atoms with E-state index in [9.17, 15) is 14.9 Å². The van der Waals surface area contributed by atoms with Gasteiger partial charge in [0, 0.05) is 6.04 Å². The van der Waals surface area contributed by atoms with Crippen molar-refractivity contribution >= 4 is 18.0 Å². The average Bonchev–Trinajstić information content (AvgIpc) is 3.12. The van der Waals surface area contributed by atoms with Crippen LogP contribution < -0.4 is 5.32 Å². The molecule has 2 rings (SSSR count). The minimum atomic E-state index is -0.928. The number of carbonyl (C=O) groups is 2. The maximum Gasteiger partial charge on any atom is 0.349 e. The molecule has 1 fully saturated rings. The number of nitriles is 1. The van der Waals surface area contributed by atoms with Crippen LogP contribution in [0, 0.1) is 11.3 Å². The zero-order valence-electron chi connectivity index (χ0n) is 15.6. The maximum atomic E-state index is 12.2. The maximum absolute atomic E-state index is 12.2. The third-order valence-corrected chi connectivity index (χ3v) is 4.61. The Morgan fingerprint density at radius 1 is 1.19 bits per heavy atom. The molecule has 1 N–H and O–H groups in total. The first-order valence-electron chi connectivity index (χ1n) is 9.13. The van der Waals surface area contributed by atoms with Gasteiger partial charge in [0.05, 0.1) is 0 Å². The van der Waals surface area contributed by atoms with Crippen molar-refractivity contribution in [1.82, 2.24) is 5.32 Å². The lowest BCUT2D eigenvalue weighted by Gasteiger charge is -2.16. The number of ether oxygens (including phenoxy) is 1. The second-order valence-electron chi connectivity index (χ2n) is 7.03. The molecule has 26 heavy (non-hydrogen) atoms. The van der Waals surface area contributed by atoms with Gasteiger partial charge >= 0.3 is 5.97 Å². The van der Waals surface area contributed by atoms with Gasteiger partial charge in [-0.2, -0.15) is 5.26 Å². The van der Waals surface area contributed by atoms with Crippen LogP contribution in [0.25, 0.3) is 6.08 Å². The van der Waals surface area contributed by atoms with Crippen molar-refractivity contribution in [3.05, 3.63) is 41.0 Å². The minimum Gasteiger partial charge on any atom is -0.448 e. The Labute approximate surface area is 155 Å². The molecule has 0 heterocycles. The summed E-state index contributed by atoms with van der Waals surface area (Å²) in [6, 6.07) is 9.67. The van der Waals surface area contributed by atoms with Crippen LogP contribution in [-0.4, -0.2) is 24.0 Å². The predicted molar refractivity (Wildman–Crippen MR) is 100 cm³/mol. The van der Waals surface area contributed by atoms with E-state index < -0.39 is 12.1 Å². The summed E-state index contributed by atoms with van der Waals surface area (Å²) in [5.41, 5.74) is 1.80. The van der Waals surface area contributed by atoms with Gasteiger partial charge in [-0.1, -0.05) is 51.0 Å². The molecule has 0 aromatic heterocycles. The standard InChI is InChI=1S/C21H26N2O3/c1-14(2)17-10-8-16(9-11-17)12-18(13-22)21(25)26-15(3)20(24)23-19-6-4-5-7-19/h8-12,14-15,19H,4-7H2,1-3H3,(H,23,24)/b18-12+/t15-/m1/s1. The Hall–Kier alpha value is -2.61. The smallest absolute Gasteiger partial charge is 0.349 e. The summed E-state index contributed by atoms with van der Waals surface area (Å²) < 4.78 is 5.17. The summed E-state index contributed by atoms with van der Waals surface area (Å²) in [5, 5.41) is 12.2. The Balaban J connectivity index is 1.98. The van der Waals surface area contributed by atoms with Crippen LogP contribution in [0.2, 0.25) is 0 Å². The second kappa shape index (κ2) is 9.19. The number of amides is 1. The number of esters is 1. The van der Waals surface area contributed by atoms with Crippen molar-refractivity contribution in [3.63, 3.8) is 0 Å². The highest BCUT2D eigenvalue weighted by Crippen LogP contribution is 2.18. The van der Waals surface area contributed by atoms with Crippen LogP contribution in [0.5, 0.6) is 0 Å². The summed E-state index contributed by atoms with van der Waals surface area (Å²) in [6.07, 6.45) is 4.69. The topological polar surface area (TPSA) is 79.2 Å². The molecule has 5 heteroatoms. The molecule has 0 bridgehead atoms. The summed E-state index contributed by atoms with van der Waals surface area (Å²) in [7, 11) is 0. The fraction of sp³-hybridized carbons (Fsp3) is 0.476. The van der Waals surface area contributed by atoms with E-state index in [1.165, 1.54) is 18.6 Å². The molecule has 1 saturated carbocycles. The van der Waals surface area contributed by atoms with E-state index >= 15 is 0 Å². The van der Waals surface area contributed by atoms with E-state index in [0.717, 1.165) is 31.2 Å². The number of rotatable bonds is 6. The number of hydrogen-bond donors (Lipinski definition) is 1.